The van der Waals surface area contributed by atoms with Crippen LogP contribution in [0.2, 0.25) is 5.02 Å². The third-order valence-corrected chi connectivity index (χ3v) is 6.69. The minimum absolute atomic E-state index is 0.121. The van der Waals surface area contributed by atoms with Crippen LogP contribution in [0.5, 0.6) is 0 Å². The van der Waals surface area contributed by atoms with Crippen molar-refractivity contribution in [1.29, 1.82) is 0 Å². The number of hydrogen-bond donors (Lipinski definition) is 0. The van der Waals surface area contributed by atoms with Crippen molar-refractivity contribution >= 4 is 27.6 Å². The van der Waals surface area contributed by atoms with E-state index in [-0.39, 0.29) is 12.3 Å². The van der Waals surface area contributed by atoms with E-state index in [0.717, 1.165) is 24.3 Å². The number of morpholine rings is 1. The maximum absolute atomic E-state index is 12.8. The molecule has 0 bridgehead atoms. The Morgan fingerprint density at radius 2 is 1.92 bits per heavy atom. The van der Waals surface area contributed by atoms with Crippen LogP contribution < -0.4 is 4.90 Å². The summed E-state index contributed by atoms with van der Waals surface area (Å²) in [5.74, 6) is 0.516. The Balaban J connectivity index is 1.51. The summed E-state index contributed by atoms with van der Waals surface area (Å²) in [6, 6.07) is 7.01. The van der Waals surface area contributed by atoms with E-state index in [9.17, 15) is 8.42 Å². The molecular formula is C17H19ClN4O3S. The van der Waals surface area contributed by atoms with Crippen molar-refractivity contribution in [2.45, 2.75) is 18.8 Å². The maximum atomic E-state index is 12.8. The standard InChI is InChI=1S/C17H19ClN4O3S/c18-15-4-2-1-3-13(15)12-26(23,24)22-10-14-9-19-17(20-16(14)11-22)21-5-7-25-8-6-21/h1-4,9H,5-8,10-12H2. The second-order valence-electron chi connectivity index (χ2n) is 6.36. The molecule has 1 saturated heterocycles. The summed E-state index contributed by atoms with van der Waals surface area (Å²) in [5, 5.41) is 0.460. The van der Waals surface area contributed by atoms with Gasteiger partial charge in [0.1, 0.15) is 0 Å². The van der Waals surface area contributed by atoms with Crippen molar-refractivity contribution in [2.24, 2.45) is 0 Å². The highest BCUT2D eigenvalue weighted by Crippen LogP contribution is 2.28. The molecule has 7 nitrogen and oxygen atoms in total. The molecule has 138 valence electrons. The zero-order chi connectivity index (χ0) is 18.1. The molecule has 2 aliphatic rings. The first-order chi connectivity index (χ1) is 12.5. The highest BCUT2D eigenvalue weighted by atomic mass is 35.5. The minimum atomic E-state index is -3.49. The van der Waals surface area contributed by atoms with Gasteiger partial charge in [-0.25, -0.2) is 18.4 Å². The highest BCUT2D eigenvalue weighted by molar-refractivity contribution is 7.88. The fourth-order valence-corrected chi connectivity index (χ4v) is 4.89. The van der Waals surface area contributed by atoms with E-state index in [2.05, 4.69) is 14.9 Å². The van der Waals surface area contributed by atoms with Crippen LogP contribution in [0.25, 0.3) is 0 Å². The third kappa shape index (κ3) is 3.55. The molecule has 26 heavy (non-hydrogen) atoms. The van der Waals surface area contributed by atoms with Crippen LogP contribution in [0, 0.1) is 0 Å². The molecule has 0 unspecified atom stereocenters. The first-order valence-electron chi connectivity index (χ1n) is 8.42. The Bertz CT molecular complexity index is 916. The summed E-state index contributed by atoms with van der Waals surface area (Å²) in [6.45, 7) is 3.35. The van der Waals surface area contributed by atoms with E-state index in [1.165, 1.54) is 4.31 Å². The van der Waals surface area contributed by atoms with Gasteiger partial charge in [0.2, 0.25) is 16.0 Å². The molecule has 2 aliphatic heterocycles. The molecule has 3 heterocycles. The number of aromatic nitrogens is 2. The third-order valence-electron chi connectivity index (χ3n) is 4.60. The normalized spacial score (nSPS) is 18.1. The lowest BCUT2D eigenvalue weighted by atomic mass is 10.2. The van der Waals surface area contributed by atoms with Gasteiger partial charge in [-0.05, 0) is 11.6 Å². The number of fused-ring (bicyclic) bond motifs is 1. The molecule has 0 radical (unpaired) electrons. The van der Waals surface area contributed by atoms with Gasteiger partial charge in [0.25, 0.3) is 0 Å². The van der Waals surface area contributed by atoms with Crippen LogP contribution in [0.3, 0.4) is 0 Å². The average molecular weight is 395 g/mol. The van der Waals surface area contributed by atoms with E-state index < -0.39 is 10.0 Å². The lowest BCUT2D eigenvalue weighted by Crippen LogP contribution is -2.37. The quantitative estimate of drug-likeness (QED) is 0.787. The first-order valence-corrected chi connectivity index (χ1v) is 10.4. The molecule has 1 fully saturated rings. The largest absolute Gasteiger partial charge is 0.378 e. The fourth-order valence-electron chi connectivity index (χ4n) is 3.13. The summed E-state index contributed by atoms with van der Waals surface area (Å²) in [5.41, 5.74) is 2.22. The van der Waals surface area contributed by atoms with Crippen molar-refractivity contribution in [3.63, 3.8) is 0 Å². The van der Waals surface area contributed by atoms with Crippen LogP contribution in [0.1, 0.15) is 16.8 Å². The predicted octanol–water partition coefficient (Wildman–Crippen LogP) is 1.81. The number of halogens is 1. The molecule has 0 saturated carbocycles. The molecule has 0 aliphatic carbocycles. The van der Waals surface area contributed by atoms with E-state index >= 15 is 0 Å². The van der Waals surface area contributed by atoms with Gasteiger partial charge in [0.05, 0.1) is 31.2 Å². The monoisotopic (exact) mass is 394 g/mol. The number of ether oxygens (including phenoxy) is 1. The minimum Gasteiger partial charge on any atom is -0.378 e. The number of hydrogen-bond acceptors (Lipinski definition) is 6. The number of benzene rings is 1. The molecule has 1 aromatic carbocycles. The van der Waals surface area contributed by atoms with Crippen molar-refractivity contribution in [1.82, 2.24) is 14.3 Å². The summed E-state index contributed by atoms with van der Waals surface area (Å²) in [4.78, 5) is 11.1. The van der Waals surface area contributed by atoms with E-state index in [1.807, 2.05) is 0 Å². The van der Waals surface area contributed by atoms with Crippen molar-refractivity contribution < 1.29 is 13.2 Å². The van der Waals surface area contributed by atoms with Crippen LogP contribution in [-0.4, -0.2) is 49.0 Å². The second kappa shape index (κ2) is 7.11. The SMILES string of the molecule is O=S(=O)(Cc1ccccc1Cl)N1Cc2cnc(N3CCOCC3)nc2C1. The van der Waals surface area contributed by atoms with Gasteiger partial charge in [0.15, 0.2) is 0 Å². The van der Waals surface area contributed by atoms with E-state index in [4.69, 9.17) is 16.3 Å². The summed E-state index contributed by atoms with van der Waals surface area (Å²) >= 11 is 6.11. The molecule has 0 spiro atoms. The van der Waals surface area contributed by atoms with Crippen LogP contribution in [-0.2, 0) is 33.6 Å². The number of rotatable bonds is 4. The number of sulfonamides is 1. The summed E-state index contributed by atoms with van der Waals surface area (Å²) < 4.78 is 32.4. The molecule has 0 N–H and O–H groups in total. The first kappa shape index (κ1) is 17.7. The maximum Gasteiger partial charge on any atom is 0.225 e. The molecule has 2 aromatic rings. The fraction of sp³-hybridized carbons (Fsp3) is 0.412. The zero-order valence-corrected chi connectivity index (χ0v) is 15.7. The Labute approximate surface area is 157 Å². The zero-order valence-electron chi connectivity index (χ0n) is 14.1. The molecule has 0 amide bonds. The Morgan fingerprint density at radius 1 is 1.15 bits per heavy atom. The van der Waals surface area contributed by atoms with Gasteiger partial charge >= 0.3 is 0 Å². The molecule has 1 aromatic heterocycles. The van der Waals surface area contributed by atoms with E-state index in [0.29, 0.717) is 36.3 Å². The van der Waals surface area contributed by atoms with Gasteiger partial charge in [-0.1, -0.05) is 29.8 Å². The van der Waals surface area contributed by atoms with Gasteiger partial charge in [-0.2, -0.15) is 4.31 Å². The molecule has 0 atom stereocenters. The van der Waals surface area contributed by atoms with E-state index in [1.54, 1.807) is 30.5 Å². The highest BCUT2D eigenvalue weighted by Gasteiger charge is 2.31. The summed E-state index contributed by atoms with van der Waals surface area (Å²) in [7, 11) is -3.49. The lowest BCUT2D eigenvalue weighted by molar-refractivity contribution is 0.122. The molecule has 9 heteroatoms. The number of anilines is 1. The Hall–Kier alpha value is -1.74. The topological polar surface area (TPSA) is 75.6 Å². The Morgan fingerprint density at radius 3 is 2.69 bits per heavy atom. The van der Waals surface area contributed by atoms with Gasteiger partial charge < -0.3 is 9.64 Å². The molecule has 4 rings (SSSR count). The smallest absolute Gasteiger partial charge is 0.225 e. The van der Waals surface area contributed by atoms with Crippen molar-refractivity contribution in [3.05, 3.63) is 52.3 Å². The Kier molecular flexibility index (Phi) is 4.83. The van der Waals surface area contributed by atoms with Crippen LogP contribution in [0.15, 0.2) is 30.5 Å². The predicted molar refractivity (Wildman–Crippen MR) is 98.4 cm³/mol. The number of nitrogens with zero attached hydrogens (tertiary/aromatic N) is 4. The van der Waals surface area contributed by atoms with Crippen molar-refractivity contribution in [2.75, 3.05) is 31.2 Å². The van der Waals surface area contributed by atoms with Gasteiger partial charge in [0, 0.05) is 36.4 Å². The second-order valence-corrected chi connectivity index (χ2v) is 8.73. The van der Waals surface area contributed by atoms with Crippen LogP contribution in [0.4, 0.5) is 5.95 Å². The van der Waals surface area contributed by atoms with Crippen molar-refractivity contribution in [3.8, 4) is 0 Å². The molecular weight excluding hydrogens is 376 g/mol. The van der Waals surface area contributed by atoms with Crippen LogP contribution >= 0.6 is 11.6 Å². The van der Waals surface area contributed by atoms with Gasteiger partial charge in [-0.3, -0.25) is 0 Å². The lowest BCUT2D eigenvalue weighted by Gasteiger charge is -2.26. The average Bonchev–Trinajstić information content (AvgIpc) is 3.08. The summed E-state index contributed by atoms with van der Waals surface area (Å²) in [6.07, 6.45) is 1.73. The van der Waals surface area contributed by atoms with Gasteiger partial charge in [-0.15, -0.1) is 0 Å².